The number of primary amides is 1. The zero-order chi connectivity index (χ0) is 18.0. The average molecular weight is 346 g/mol. The van der Waals surface area contributed by atoms with E-state index in [4.69, 9.17) is 5.73 Å². The van der Waals surface area contributed by atoms with Gasteiger partial charge in [-0.15, -0.1) is 0 Å². The molecule has 1 saturated heterocycles. The Morgan fingerprint density at radius 2 is 1.88 bits per heavy atom. The van der Waals surface area contributed by atoms with Crippen molar-refractivity contribution in [2.45, 2.75) is 57.5 Å². The molecule has 4 unspecified atom stereocenters. The molecule has 1 aromatic rings. The highest BCUT2D eigenvalue weighted by Crippen LogP contribution is 2.40. The number of halogens is 1. The Balaban J connectivity index is 1.83. The Labute approximate surface area is 148 Å². The standard InChI is InChI=1S/C20H27FN2O2/c1-2-17(19(24)13-7-9-14(21)10-8-13)23-12-11-16(20(22)25)15-5-3-4-6-18(15)23/h7-10,15-18H,2-6,11-12H2,1H3,(H2,22,25). The molecular formula is C20H27FN2O2. The Morgan fingerprint density at radius 3 is 2.52 bits per heavy atom. The van der Waals surface area contributed by atoms with Gasteiger partial charge in [-0.2, -0.15) is 0 Å². The topological polar surface area (TPSA) is 63.4 Å². The van der Waals surface area contributed by atoms with Crippen molar-refractivity contribution in [3.8, 4) is 0 Å². The fourth-order valence-electron chi connectivity index (χ4n) is 4.81. The SMILES string of the molecule is CCC(C(=O)c1ccc(F)cc1)N1CCC(C(N)=O)C2CCCCC21. The number of ketones is 1. The smallest absolute Gasteiger partial charge is 0.220 e. The molecule has 0 bridgehead atoms. The molecule has 1 aliphatic heterocycles. The first kappa shape index (κ1) is 18.1. The Kier molecular flexibility index (Phi) is 5.52. The highest BCUT2D eigenvalue weighted by atomic mass is 19.1. The fraction of sp³-hybridized carbons (Fsp3) is 0.600. The van der Waals surface area contributed by atoms with Crippen LogP contribution >= 0.6 is 0 Å². The maximum absolute atomic E-state index is 13.2. The van der Waals surface area contributed by atoms with Crippen molar-refractivity contribution < 1.29 is 14.0 Å². The van der Waals surface area contributed by atoms with E-state index in [0.29, 0.717) is 12.0 Å². The van der Waals surface area contributed by atoms with Gasteiger partial charge in [0.1, 0.15) is 5.82 Å². The number of carbonyl (C=O) groups is 2. The fourth-order valence-corrected chi connectivity index (χ4v) is 4.81. The number of benzene rings is 1. The van der Waals surface area contributed by atoms with E-state index >= 15 is 0 Å². The number of likely N-dealkylation sites (tertiary alicyclic amines) is 1. The third kappa shape index (κ3) is 3.61. The molecule has 5 heteroatoms. The predicted octanol–water partition coefficient (Wildman–Crippen LogP) is 3.15. The molecule has 25 heavy (non-hydrogen) atoms. The van der Waals surface area contributed by atoms with E-state index in [-0.39, 0.29) is 41.4 Å². The molecule has 1 heterocycles. The number of piperidine rings is 1. The Morgan fingerprint density at radius 1 is 1.20 bits per heavy atom. The van der Waals surface area contributed by atoms with Gasteiger partial charge in [0.25, 0.3) is 0 Å². The maximum atomic E-state index is 13.2. The molecule has 2 aliphatic rings. The predicted molar refractivity (Wildman–Crippen MR) is 94.6 cm³/mol. The van der Waals surface area contributed by atoms with E-state index in [0.717, 1.165) is 38.6 Å². The summed E-state index contributed by atoms with van der Waals surface area (Å²) >= 11 is 0. The van der Waals surface area contributed by atoms with Crippen LogP contribution in [0.15, 0.2) is 24.3 Å². The molecule has 136 valence electrons. The molecule has 0 spiro atoms. The lowest BCUT2D eigenvalue weighted by atomic mass is 9.71. The normalized spacial score (nSPS) is 28.2. The quantitative estimate of drug-likeness (QED) is 0.833. The minimum Gasteiger partial charge on any atom is -0.369 e. The molecule has 2 fully saturated rings. The van der Waals surface area contributed by atoms with E-state index in [2.05, 4.69) is 4.90 Å². The van der Waals surface area contributed by atoms with Gasteiger partial charge in [-0.05, 0) is 62.4 Å². The van der Waals surface area contributed by atoms with Crippen LogP contribution in [0.25, 0.3) is 0 Å². The van der Waals surface area contributed by atoms with Crippen LogP contribution in [0.4, 0.5) is 4.39 Å². The van der Waals surface area contributed by atoms with Crippen LogP contribution < -0.4 is 5.73 Å². The summed E-state index contributed by atoms with van der Waals surface area (Å²) < 4.78 is 13.2. The molecule has 0 aromatic heterocycles. The van der Waals surface area contributed by atoms with Gasteiger partial charge in [0, 0.05) is 17.5 Å². The minimum atomic E-state index is -0.334. The second kappa shape index (κ2) is 7.65. The molecule has 1 aromatic carbocycles. The van der Waals surface area contributed by atoms with Crippen LogP contribution in [-0.2, 0) is 4.79 Å². The van der Waals surface area contributed by atoms with Crippen LogP contribution in [0.3, 0.4) is 0 Å². The summed E-state index contributed by atoms with van der Waals surface area (Å²) in [5.74, 6) is -0.298. The van der Waals surface area contributed by atoms with Crippen LogP contribution in [0.5, 0.6) is 0 Å². The maximum Gasteiger partial charge on any atom is 0.220 e. The van der Waals surface area contributed by atoms with Gasteiger partial charge in [0.15, 0.2) is 5.78 Å². The van der Waals surface area contributed by atoms with Gasteiger partial charge in [0.2, 0.25) is 5.91 Å². The minimum absolute atomic E-state index is 0.0457. The monoisotopic (exact) mass is 346 g/mol. The zero-order valence-corrected chi connectivity index (χ0v) is 14.8. The molecule has 4 atom stereocenters. The summed E-state index contributed by atoms with van der Waals surface area (Å²) in [5, 5.41) is 0. The van der Waals surface area contributed by atoms with E-state index in [1.165, 1.54) is 12.1 Å². The lowest BCUT2D eigenvalue weighted by Gasteiger charge is -2.49. The van der Waals surface area contributed by atoms with Crippen molar-refractivity contribution >= 4 is 11.7 Å². The first-order valence-corrected chi connectivity index (χ1v) is 9.37. The number of rotatable bonds is 5. The van der Waals surface area contributed by atoms with Crippen molar-refractivity contribution in [3.05, 3.63) is 35.6 Å². The van der Waals surface area contributed by atoms with Crippen LogP contribution in [0.1, 0.15) is 55.8 Å². The van der Waals surface area contributed by atoms with Crippen molar-refractivity contribution in [2.24, 2.45) is 17.6 Å². The summed E-state index contributed by atoms with van der Waals surface area (Å²) in [5.41, 5.74) is 6.19. The van der Waals surface area contributed by atoms with E-state index in [1.54, 1.807) is 12.1 Å². The number of Topliss-reactive ketones (excluding diaryl/α,β-unsaturated/α-hetero) is 1. The average Bonchev–Trinajstić information content (AvgIpc) is 2.62. The second-order valence-corrected chi connectivity index (χ2v) is 7.35. The number of carbonyl (C=O) groups excluding carboxylic acids is 2. The summed E-state index contributed by atoms with van der Waals surface area (Å²) in [6, 6.07) is 5.83. The van der Waals surface area contributed by atoms with Gasteiger partial charge >= 0.3 is 0 Å². The number of nitrogens with zero attached hydrogens (tertiary/aromatic N) is 1. The number of hydrogen-bond acceptors (Lipinski definition) is 3. The first-order chi connectivity index (χ1) is 12.0. The molecule has 2 N–H and O–H groups in total. The van der Waals surface area contributed by atoms with Gasteiger partial charge in [-0.3, -0.25) is 14.5 Å². The number of fused-ring (bicyclic) bond motifs is 1. The largest absolute Gasteiger partial charge is 0.369 e. The van der Waals surface area contributed by atoms with Gasteiger partial charge in [0.05, 0.1) is 6.04 Å². The van der Waals surface area contributed by atoms with E-state index in [1.807, 2.05) is 6.92 Å². The molecule has 0 radical (unpaired) electrons. The highest BCUT2D eigenvalue weighted by Gasteiger charge is 2.44. The molecule has 1 amide bonds. The molecule has 1 aliphatic carbocycles. The molecule has 4 nitrogen and oxygen atoms in total. The van der Waals surface area contributed by atoms with Gasteiger partial charge in [-0.1, -0.05) is 19.8 Å². The summed E-state index contributed by atoms with van der Waals surface area (Å²) in [6.45, 7) is 2.74. The van der Waals surface area contributed by atoms with Crippen molar-refractivity contribution in [1.82, 2.24) is 4.90 Å². The van der Waals surface area contributed by atoms with Crippen molar-refractivity contribution in [1.29, 1.82) is 0 Å². The van der Waals surface area contributed by atoms with Crippen molar-refractivity contribution in [3.63, 3.8) is 0 Å². The third-order valence-electron chi connectivity index (χ3n) is 6.01. The van der Waals surface area contributed by atoms with E-state index in [9.17, 15) is 14.0 Å². The zero-order valence-electron chi connectivity index (χ0n) is 14.8. The molecule has 1 saturated carbocycles. The number of nitrogens with two attached hydrogens (primary N) is 1. The lowest BCUT2D eigenvalue weighted by molar-refractivity contribution is -0.128. The summed E-state index contributed by atoms with van der Waals surface area (Å²) in [4.78, 5) is 27.2. The summed E-state index contributed by atoms with van der Waals surface area (Å²) in [7, 11) is 0. The molecular weight excluding hydrogens is 319 g/mol. The highest BCUT2D eigenvalue weighted by molar-refractivity contribution is 6.00. The Hall–Kier alpha value is -1.75. The first-order valence-electron chi connectivity index (χ1n) is 9.37. The third-order valence-corrected chi connectivity index (χ3v) is 6.01. The molecule has 3 rings (SSSR count). The van der Waals surface area contributed by atoms with Crippen molar-refractivity contribution in [2.75, 3.05) is 6.54 Å². The van der Waals surface area contributed by atoms with Gasteiger partial charge < -0.3 is 5.73 Å². The van der Waals surface area contributed by atoms with Gasteiger partial charge in [-0.25, -0.2) is 4.39 Å². The number of amides is 1. The van der Waals surface area contributed by atoms with Crippen LogP contribution in [-0.4, -0.2) is 35.2 Å². The lowest BCUT2D eigenvalue weighted by Crippen LogP contribution is -2.58. The number of hydrogen-bond donors (Lipinski definition) is 1. The summed E-state index contributed by atoms with van der Waals surface area (Å²) in [6.07, 6.45) is 5.72. The van der Waals surface area contributed by atoms with E-state index < -0.39 is 0 Å². The van der Waals surface area contributed by atoms with Crippen LogP contribution in [0, 0.1) is 17.7 Å². The second-order valence-electron chi connectivity index (χ2n) is 7.35. The Bertz CT molecular complexity index is 631. The van der Waals surface area contributed by atoms with Crippen LogP contribution in [0.2, 0.25) is 0 Å².